The number of aliphatic hydroxyl groups is 1. The SMILES string of the molecule is O=c1cc(-c2ccncc2)ncn1CC1CCN(CC2(O)CCOCC2)CC1. The van der Waals surface area contributed by atoms with Gasteiger partial charge in [-0.15, -0.1) is 0 Å². The van der Waals surface area contributed by atoms with Crippen molar-refractivity contribution in [2.24, 2.45) is 5.92 Å². The van der Waals surface area contributed by atoms with E-state index in [9.17, 15) is 9.90 Å². The number of β-amino-alcohol motifs (C(OH)–C–C–N with tert-alkyl or cyclic N) is 1. The first-order valence-electron chi connectivity index (χ1n) is 10.1. The molecule has 150 valence electrons. The zero-order chi connectivity index (χ0) is 19.4. The van der Waals surface area contributed by atoms with Crippen molar-refractivity contribution in [3.8, 4) is 11.3 Å². The average molecular weight is 384 g/mol. The molecule has 7 heteroatoms. The Morgan fingerprint density at radius 3 is 2.57 bits per heavy atom. The van der Waals surface area contributed by atoms with Crippen LogP contribution in [0, 0.1) is 5.92 Å². The Morgan fingerprint density at radius 1 is 1.18 bits per heavy atom. The monoisotopic (exact) mass is 384 g/mol. The molecule has 0 saturated carbocycles. The topological polar surface area (TPSA) is 80.5 Å². The number of rotatable bonds is 5. The summed E-state index contributed by atoms with van der Waals surface area (Å²) >= 11 is 0. The zero-order valence-corrected chi connectivity index (χ0v) is 16.2. The third kappa shape index (κ3) is 4.66. The van der Waals surface area contributed by atoms with Gasteiger partial charge in [0.1, 0.15) is 0 Å². The van der Waals surface area contributed by atoms with E-state index in [1.807, 2.05) is 12.1 Å². The number of piperidine rings is 1. The number of pyridine rings is 1. The summed E-state index contributed by atoms with van der Waals surface area (Å²) in [5.74, 6) is 0.465. The van der Waals surface area contributed by atoms with Crippen molar-refractivity contribution in [1.82, 2.24) is 19.4 Å². The van der Waals surface area contributed by atoms with Crippen LogP contribution in [0.3, 0.4) is 0 Å². The van der Waals surface area contributed by atoms with Gasteiger partial charge in [0, 0.05) is 63.2 Å². The minimum absolute atomic E-state index is 0.0132. The lowest BCUT2D eigenvalue weighted by molar-refractivity contribution is -0.0831. The van der Waals surface area contributed by atoms with Crippen LogP contribution in [0.25, 0.3) is 11.3 Å². The van der Waals surface area contributed by atoms with Gasteiger partial charge in [0.25, 0.3) is 5.56 Å². The molecular weight excluding hydrogens is 356 g/mol. The van der Waals surface area contributed by atoms with Gasteiger partial charge in [-0.3, -0.25) is 14.3 Å². The highest BCUT2D eigenvalue weighted by Gasteiger charge is 2.33. The summed E-state index contributed by atoms with van der Waals surface area (Å²) in [4.78, 5) is 23.3. The molecule has 0 bridgehead atoms. The Morgan fingerprint density at radius 2 is 1.89 bits per heavy atom. The first-order valence-corrected chi connectivity index (χ1v) is 10.1. The van der Waals surface area contributed by atoms with E-state index in [0.717, 1.165) is 50.9 Å². The van der Waals surface area contributed by atoms with Crippen molar-refractivity contribution in [3.05, 3.63) is 47.3 Å². The molecular formula is C21H28N4O3. The Balaban J connectivity index is 1.32. The van der Waals surface area contributed by atoms with E-state index in [1.165, 1.54) is 0 Å². The van der Waals surface area contributed by atoms with Gasteiger partial charge < -0.3 is 14.7 Å². The fourth-order valence-corrected chi connectivity index (χ4v) is 4.17. The molecule has 0 aromatic carbocycles. The Bertz CT molecular complexity index is 825. The van der Waals surface area contributed by atoms with Crippen molar-refractivity contribution in [1.29, 1.82) is 0 Å². The molecule has 2 aliphatic heterocycles. The van der Waals surface area contributed by atoms with E-state index in [-0.39, 0.29) is 5.56 Å². The van der Waals surface area contributed by atoms with Crippen LogP contribution < -0.4 is 5.56 Å². The van der Waals surface area contributed by atoms with Gasteiger partial charge in [0.05, 0.1) is 17.6 Å². The van der Waals surface area contributed by atoms with E-state index in [4.69, 9.17) is 4.74 Å². The molecule has 0 radical (unpaired) electrons. The summed E-state index contributed by atoms with van der Waals surface area (Å²) in [5.41, 5.74) is 0.969. The van der Waals surface area contributed by atoms with Gasteiger partial charge in [-0.2, -0.15) is 0 Å². The molecule has 2 aromatic rings. The summed E-state index contributed by atoms with van der Waals surface area (Å²) in [6.07, 6.45) is 8.57. The summed E-state index contributed by atoms with van der Waals surface area (Å²) in [5, 5.41) is 10.7. The second-order valence-electron chi connectivity index (χ2n) is 8.06. The minimum atomic E-state index is -0.602. The number of likely N-dealkylation sites (tertiary alicyclic amines) is 1. The highest BCUT2D eigenvalue weighted by molar-refractivity contribution is 5.57. The number of hydrogen-bond acceptors (Lipinski definition) is 6. The van der Waals surface area contributed by atoms with Crippen LogP contribution in [0.5, 0.6) is 0 Å². The smallest absolute Gasteiger partial charge is 0.253 e. The Kier molecular flexibility index (Phi) is 5.85. The molecule has 2 saturated heterocycles. The van der Waals surface area contributed by atoms with Crippen molar-refractivity contribution in [2.45, 2.75) is 37.8 Å². The molecule has 0 spiro atoms. The Labute approximate surface area is 165 Å². The largest absolute Gasteiger partial charge is 0.388 e. The molecule has 0 unspecified atom stereocenters. The number of aromatic nitrogens is 3. The molecule has 4 heterocycles. The maximum absolute atomic E-state index is 12.5. The zero-order valence-electron chi connectivity index (χ0n) is 16.2. The lowest BCUT2D eigenvalue weighted by Crippen LogP contribution is -2.49. The lowest BCUT2D eigenvalue weighted by Gasteiger charge is -2.39. The highest BCUT2D eigenvalue weighted by Crippen LogP contribution is 2.25. The Hall–Kier alpha value is -2.09. The molecule has 2 aromatic heterocycles. The fourth-order valence-electron chi connectivity index (χ4n) is 4.17. The summed E-state index contributed by atoms with van der Waals surface area (Å²) in [7, 11) is 0. The molecule has 7 nitrogen and oxygen atoms in total. The van der Waals surface area contributed by atoms with Crippen molar-refractivity contribution < 1.29 is 9.84 Å². The standard InChI is InChI=1S/C21H28N4O3/c26-20-13-19(18-1-7-22-8-2-18)23-16-25(20)14-17-3-9-24(10-4-17)15-21(27)5-11-28-12-6-21/h1-2,7-8,13,16-17,27H,3-6,9-12,14-15H2. The number of ether oxygens (including phenoxy) is 1. The highest BCUT2D eigenvalue weighted by atomic mass is 16.5. The lowest BCUT2D eigenvalue weighted by atomic mass is 9.91. The van der Waals surface area contributed by atoms with Crippen molar-refractivity contribution >= 4 is 0 Å². The molecule has 1 N–H and O–H groups in total. The first kappa shape index (κ1) is 19.2. The number of nitrogens with zero attached hydrogens (tertiary/aromatic N) is 4. The van der Waals surface area contributed by atoms with Gasteiger partial charge in [-0.05, 0) is 44.0 Å². The van der Waals surface area contributed by atoms with Crippen LogP contribution in [0.4, 0.5) is 0 Å². The second kappa shape index (κ2) is 8.51. The maximum Gasteiger partial charge on any atom is 0.253 e. The van der Waals surface area contributed by atoms with Crippen LogP contribution in [0.15, 0.2) is 41.7 Å². The summed E-state index contributed by atoms with van der Waals surface area (Å²) < 4.78 is 7.08. The van der Waals surface area contributed by atoms with Crippen LogP contribution >= 0.6 is 0 Å². The summed E-state index contributed by atoms with van der Waals surface area (Å²) in [6.45, 7) is 4.66. The van der Waals surface area contributed by atoms with Gasteiger partial charge in [-0.25, -0.2) is 4.98 Å². The van der Waals surface area contributed by atoms with Gasteiger partial charge in [0.2, 0.25) is 0 Å². The van der Waals surface area contributed by atoms with Crippen LogP contribution in [0.2, 0.25) is 0 Å². The minimum Gasteiger partial charge on any atom is -0.388 e. The van der Waals surface area contributed by atoms with E-state index in [2.05, 4.69) is 14.9 Å². The normalized spacial score (nSPS) is 20.9. The fraction of sp³-hybridized carbons (Fsp3) is 0.571. The van der Waals surface area contributed by atoms with E-state index < -0.39 is 5.60 Å². The molecule has 0 aliphatic carbocycles. The van der Waals surface area contributed by atoms with Gasteiger partial charge in [0.15, 0.2) is 0 Å². The van der Waals surface area contributed by atoms with Crippen molar-refractivity contribution in [3.63, 3.8) is 0 Å². The average Bonchev–Trinajstić information content (AvgIpc) is 2.72. The molecule has 4 rings (SSSR count). The predicted molar refractivity (Wildman–Crippen MR) is 106 cm³/mol. The molecule has 28 heavy (non-hydrogen) atoms. The molecule has 2 fully saturated rings. The van der Waals surface area contributed by atoms with Gasteiger partial charge in [-0.1, -0.05) is 0 Å². The van der Waals surface area contributed by atoms with E-state index in [1.54, 1.807) is 29.4 Å². The van der Waals surface area contributed by atoms with Gasteiger partial charge >= 0.3 is 0 Å². The third-order valence-electron chi connectivity index (χ3n) is 5.96. The van der Waals surface area contributed by atoms with Crippen LogP contribution in [-0.2, 0) is 11.3 Å². The van der Waals surface area contributed by atoms with Crippen molar-refractivity contribution in [2.75, 3.05) is 32.8 Å². The van der Waals surface area contributed by atoms with E-state index in [0.29, 0.717) is 31.4 Å². The first-order chi connectivity index (χ1) is 13.6. The number of hydrogen-bond donors (Lipinski definition) is 1. The predicted octanol–water partition coefficient (Wildman–Crippen LogP) is 1.56. The summed E-state index contributed by atoms with van der Waals surface area (Å²) in [6, 6.07) is 5.31. The second-order valence-corrected chi connectivity index (χ2v) is 8.06. The molecule has 0 atom stereocenters. The molecule has 2 aliphatic rings. The van der Waals surface area contributed by atoms with Crippen LogP contribution in [-0.4, -0.2) is 63.0 Å². The third-order valence-corrected chi connectivity index (χ3v) is 5.96. The van der Waals surface area contributed by atoms with Crippen LogP contribution in [0.1, 0.15) is 25.7 Å². The van der Waals surface area contributed by atoms with E-state index >= 15 is 0 Å². The quantitative estimate of drug-likeness (QED) is 0.843. The molecule has 0 amide bonds. The maximum atomic E-state index is 12.5.